The van der Waals surface area contributed by atoms with Gasteiger partial charge < -0.3 is 9.42 Å². The fourth-order valence-corrected chi connectivity index (χ4v) is 4.35. The molecule has 2 aliphatic heterocycles. The largest absolute Gasteiger partial charge is 0.356 e. The van der Waals surface area contributed by atoms with Crippen LogP contribution in [0.3, 0.4) is 0 Å². The van der Waals surface area contributed by atoms with Gasteiger partial charge in [-0.25, -0.2) is 0 Å². The molecule has 5 rings (SSSR count). The fraction of sp³-hybridized carbons (Fsp3) is 0.409. The number of hydrogen-bond donors (Lipinski definition) is 0. The molecule has 0 unspecified atom stereocenters. The van der Waals surface area contributed by atoms with Crippen LogP contribution in [0.5, 0.6) is 0 Å². The van der Waals surface area contributed by atoms with Crippen LogP contribution in [0.4, 0.5) is 0 Å². The van der Waals surface area contributed by atoms with E-state index < -0.39 is 0 Å². The number of amides is 1. The van der Waals surface area contributed by atoms with Crippen molar-refractivity contribution in [3.05, 3.63) is 53.0 Å². The molecule has 7 nitrogen and oxygen atoms in total. The van der Waals surface area contributed by atoms with Crippen LogP contribution in [-0.2, 0) is 13.5 Å². The first-order valence-electron chi connectivity index (χ1n) is 10.2. The van der Waals surface area contributed by atoms with E-state index in [2.05, 4.69) is 27.3 Å². The summed E-state index contributed by atoms with van der Waals surface area (Å²) < 4.78 is 7.27. The topological polar surface area (TPSA) is 67.4 Å². The van der Waals surface area contributed by atoms with Crippen molar-refractivity contribution in [1.29, 1.82) is 0 Å². The summed E-state index contributed by atoms with van der Waals surface area (Å²) in [5, 5.41) is 9.84. The van der Waals surface area contributed by atoms with Gasteiger partial charge in [0.05, 0.1) is 11.3 Å². The SMILES string of the molecule is Cc1c2c(nn1C)CCN(CCN1CC=C(c3noc4ccccc34)CC1)C2=O. The number of nitrogens with zero attached hydrogens (tertiary/aromatic N) is 5. The summed E-state index contributed by atoms with van der Waals surface area (Å²) >= 11 is 0. The third-order valence-corrected chi connectivity index (χ3v) is 6.19. The van der Waals surface area contributed by atoms with Gasteiger partial charge in [0.2, 0.25) is 0 Å². The van der Waals surface area contributed by atoms with Gasteiger partial charge in [0, 0.05) is 57.3 Å². The van der Waals surface area contributed by atoms with E-state index in [4.69, 9.17) is 4.52 Å². The Morgan fingerprint density at radius 3 is 2.83 bits per heavy atom. The van der Waals surface area contributed by atoms with Crippen LogP contribution in [0.15, 0.2) is 34.9 Å². The molecule has 1 aromatic carbocycles. The lowest BCUT2D eigenvalue weighted by Gasteiger charge is -2.31. The van der Waals surface area contributed by atoms with Gasteiger partial charge in [-0.1, -0.05) is 23.4 Å². The number of hydrogen-bond acceptors (Lipinski definition) is 5. The number of fused-ring (bicyclic) bond motifs is 2. The van der Waals surface area contributed by atoms with Gasteiger partial charge in [-0.05, 0) is 31.1 Å². The van der Waals surface area contributed by atoms with Crippen LogP contribution in [-0.4, -0.2) is 63.4 Å². The van der Waals surface area contributed by atoms with Gasteiger partial charge in [-0.2, -0.15) is 5.10 Å². The summed E-state index contributed by atoms with van der Waals surface area (Å²) in [4.78, 5) is 17.2. The number of aromatic nitrogens is 3. The van der Waals surface area contributed by atoms with Crippen LogP contribution < -0.4 is 0 Å². The molecule has 0 N–H and O–H groups in total. The summed E-state index contributed by atoms with van der Waals surface area (Å²) in [5.41, 5.74) is 5.75. The first-order valence-corrected chi connectivity index (χ1v) is 10.2. The predicted octanol–water partition coefficient (Wildman–Crippen LogP) is 2.66. The van der Waals surface area contributed by atoms with E-state index >= 15 is 0 Å². The van der Waals surface area contributed by atoms with Crippen molar-refractivity contribution in [2.24, 2.45) is 7.05 Å². The Morgan fingerprint density at radius 2 is 2.00 bits per heavy atom. The number of carbonyl (C=O) groups excluding carboxylic acids is 1. The number of aryl methyl sites for hydroxylation is 1. The van der Waals surface area contributed by atoms with Gasteiger partial charge >= 0.3 is 0 Å². The highest BCUT2D eigenvalue weighted by Gasteiger charge is 2.29. The van der Waals surface area contributed by atoms with Gasteiger partial charge in [0.1, 0.15) is 5.69 Å². The highest BCUT2D eigenvalue weighted by atomic mass is 16.5. The average Bonchev–Trinajstić information content (AvgIpc) is 3.29. The molecule has 2 aromatic heterocycles. The molecule has 7 heteroatoms. The van der Waals surface area contributed by atoms with Crippen LogP contribution in [0.1, 0.15) is 33.9 Å². The van der Waals surface area contributed by atoms with E-state index in [1.807, 2.05) is 41.8 Å². The molecule has 0 saturated heterocycles. The van der Waals surface area contributed by atoms with E-state index in [0.717, 1.165) is 79.2 Å². The summed E-state index contributed by atoms with van der Waals surface area (Å²) in [6.45, 7) is 6.19. The third-order valence-electron chi connectivity index (χ3n) is 6.19. The van der Waals surface area contributed by atoms with Crippen molar-refractivity contribution in [3.63, 3.8) is 0 Å². The highest BCUT2D eigenvalue weighted by Crippen LogP contribution is 2.28. The average molecular weight is 391 g/mol. The van der Waals surface area contributed by atoms with E-state index in [1.165, 1.54) is 5.57 Å². The molecular formula is C22H25N5O2. The van der Waals surface area contributed by atoms with Gasteiger partial charge in [0.25, 0.3) is 5.91 Å². The van der Waals surface area contributed by atoms with Gasteiger partial charge in [-0.3, -0.25) is 14.4 Å². The van der Waals surface area contributed by atoms with Crippen molar-refractivity contribution in [1.82, 2.24) is 24.7 Å². The molecule has 0 atom stereocenters. The van der Waals surface area contributed by atoms with Gasteiger partial charge in [0.15, 0.2) is 5.58 Å². The molecule has 2 aliphatic rings. The molecule has 0 radical (unpaired) electrons. The Kier molecular flexibility index (Phi) is 4.47. The maximum Gasteiger partial charge on any atom is 0.257 e. The zero-order valence-electron chi connectivity index (χ0n) is 16.9. The molecular weight excluding hydrogens is 366 g/mol. The zero-order valence-corrected chi connectivity index (χ0v) is 16.9. The monoisotopic (exact) mass is 391 g/mol. The Labute approximate surface area is 169 Å². The van der Waals surface area contributed by atoms with E-state index in [1.54, 1.807) is 0 Å². The van der Waals surface area contributed by atoms with Crippen molar-refractivity contribution >= 4 is 22.4 Å². The minimum atomic E-state index is 0.124. The van der Waals surface area contributed by atoms with Crippen molar-refractivity contribution < 1.29 is 9.32 Å². The van der Waals surface area contributed by atoms with Crippen LogP contribution in [0, 0.1) is 6.92 Å². The molecule has 1 amide bonds. The number of para-hydroxylation sites is 1. The van der Waals surface area contributed by atoms with E-state index in [9.17, 15) is 4.79 Å². The highest BCUT2D eigenvalue weighted by molar-refractivity contribution is 5.97. The number of rotatable bonds is 4. The van der Waals surface area contributed by atoms with Crippen LogP contribution in [0.25, 0.3) is 16.5 Å². The quantitative estimate of drug-likeness (QED) is 0.684. The summed E-state index contributed by atoms with van der Waals surface area (Å²) in [6, 6.07) is 7.99. The third kappa shape index (κ3) is 3.15. The van der Waals surface area contributed by atoms with E-state index in [-0.39, 0.29) is 5.91 Å². The number of benzene rings is 1. The van der Waals surface area contributed by atoms with E-state index in [0.29, 0.717) is 0 Å². The van der Waals surface area contributed by atoms with Crippen LogP contribution >= 0.6 is 0 Å². The Morgan fingerprint density at radius 1 is 1.14 bits per heavy atom. The maximum atomic E-state index is 12.9. The predicted molar refractivity (Wildman–Crippen MR) is 111 cm³/mol. The second-order valence-corrected chi connectivity index (χ2v) is 7.88. The Balaban J connectivity index is 1.22. The number of carbonyl (C=O) groups is 1. The van der Waals surface area contributed by atoms with Crippen molar-refractivity contribution in [2.45, 2.75) is 19.8 Å². The Hall–Kier alpha value is -2.93. The van der Waals surface area contributed by atoms with Crippen molar-refractivity contribution in [2.75, 3.05) is 32.7 Å². The lowest BCUT2D eigenvalue weighted by molar-refractivity contribution is 0.0720. The second kappa shape index (κ2) is 7.15. The molecule has 3 aromatic rings. The lowest BCUT2D eigenvalue weighted by Crippen LogP contribution is -2.43. The smallest absolute Gasteiger partial charge is 0.257 e. The van der Waals surface area contributed by atoms with Crippen LogP contribution in [0.2, 0.25) is 0 Å². The molecule has 29 heavy (non-hydrogen) atoms. The molecule has 0 aliphatic carbocycles. The summed E-state index contributed by atoms with van der Waals surface area (Å²) in [6.07, 6.45) is 4.03. The first-order chi connectivity index (χ1) is 14.1. The van der Waals surface area contributed by atoms with Gasteiger partial charge in [-0.15, -0.1) is 0 Å². The normalized spacial score (nSPS) is 17.7. The zero-order chi connectivity index (χ0) is 20.0. The second-order valence-electron chi connectivity index (χ2n) is 7.88. The summed E-state index contributed by atoms with van der Waals surface area (Å²) in [5.74, 6) is 0.124. The summed E-state index contributed by atoms with van der Waals surface area (Å²) in [7, 11) is 1.90. The minimum absolute atomic E-state index is 0.124. The molecule has 0 spiro atoms. The molecule has 0 saturated carbocycles. The first kappa shape index (κ1) is 18.1. The minimum Gasteiger partial charge on any atom is -0.356 e. The maximum absolute atomic E-state index is 12.9. The molecule has 150 valence electrons. The lowest BCUT2D eigenvalue weighted by atomic mass is 10.0. The standard InChI is InChI=1S/C22H25N5O2/c1-15-20-18(23-25(15)2)9-12-27(22(20)28)14-13-26-10-7-16(8-11-26)21-17-5-3-4-6-19(17)29-24-21/h3-7H,8-14H2,1-2H3. The Bertz CT molecular complexity index is 1110. The molecule has 0 fully saturated rings. The molecule has 0 bridgehead atoms. The fourth-order valence-electron chi connectivity index (χ4n) is 4.35. The van der Waals surface area contributed by atoms with Crippen molar-refractivity contribution in [3.8, 4) is 0 Å². The molecule has 4 heterocycles.